The van der Waals surface area contributed by atoms with Crippen molar-refractivity contribution in [1.82, 2.24) is 15.3 Å². The summed E-state index contributed by atoms with van der Waals surface area (Å²) in [4.78, 5) is 34.9. The molecule has 1 aromatic carbocycles. The zero-order chi connectivity index (χ0) is 19.7. The zero-order valence-corrected chi connectivity index (χ0v) is 16.0. The smallest absolute Gasteiger partial charge is 0.270 e. The SMILES string of the molecule is O=C(NC1CCC2(CC1)CCN(c1ccc(F)cc1Cl)C2=O)c1ccncn1. The van der Waals surface area contributed by atoms with Crippen molar-refractivity contribution in [2.45, 2.75) is 38.1 Å². The topological polar surface area (TPSA) is 75.2 Å². The Balaban J connectivity index is 1.40. The van der Waals surface area contributed by atoms with Crippen LogP contribution in [-0.2, 0) is 4.79 Å². The van der Waals surface area contributed by atoms with Crippen LogP contribution in [0.25, 0.3) is 0 Å². The van der Waals surface area contributed by atoms with Gasteiger partial charge in [0.2, 0.25) is 5.91 Å². The van der Waals surface area contributed by atoms with Crippen molar-refractivity contribution >= 4 is 29.1 Å². The van der Waals surface area contributed by atoms with Crippen LogP contribution < -0.4 is 10.2 Å². The van der Waals surface area contributed by atoms with E-state index < -0.39 is 11.2 Å². The molecule has 0 unspecified atom stereocenters. The van der Waals surface area contributed by atoms with E-state index >= 15 is 0 Å². The molecule has 1 aliphatic heterocycles. The fourth-order valence-electron chi connectivity index (χ4n) is 4.21. The van der Waals surface area contributed by atoms with E-state index in [1.165, 1.54) is 24.7 Å². The van der Waals surface area contributed by atoms with Crippen molar-refractivity contribution in [3.05, 3.63) is 53.3 Å². The molecule has 1 saturated carbocycles. The van der Waals surface area contributed by atoms with Gasteiger partial charge in [0.15, 0.2) is 0 Å². The molecule has 28 heavy (non-hydrogen) atoms. The van der Waals surface area contributed by atoms with Crippen molar-refractivity contribution < 1.29 is 14.0 Å². The van der Waals surface area contributed by atoms with Gasteiger partial charge in [0.1, 0.15) is 17.8 Å². The normalized spacial score (nSPS) is 24.6. The van der Waals surface area contributed by atoms with Gasteiger partial charge < -0.3 is 10.2 Å². The largest absolute Gasteiger partial charge is 0.348 e. The summed E-state index contributed by atoms with van der Waals surface area (Å²) in [5.74, 6) is -0.600. The quantitative estimate of drug-likeness (QED) is 0.854. The highest BCUT2D eigenvalue weighted by Crippen LogP contribution is 2.47. The monoisotopic (exact) mass is 402 g/mol. The summed E-state index contributed by atoms with van der Waals surface area (Å²) in [5, 5.41) is 3.24. The first-order valence-electron chi connectivity index (χ1n) is 9.32. The van der Waals surface area contributed by atoms with Gasteiger partial charge in [-0.1, -0.05) is 11.6 Å². The number of carbonyl (C=O) groups excluding carboxylic acids is 2. The fourth-order valence-corrected chi connectivity index (χ4v) is 4.48. The van der Waals surface area contributed by atoms with Gasteiger partial charge in [-0.25, -0.2) is 14.4 Å². The summed E-state index contributed by atoms with van der Waals surface area (Å²) in [5.41, 5.74) is 0.474. The van der Waals surface area contributed by atoms with Crippen LogP contribution in [0.2, 0.25) is 5.02 Å². The number of benzene rings is 1. The average molecular weight is 403 g/mol. The van der Waals surface area contributed by atoms with Crippen LogP contribution in [0.3, 0.4) is 0 Å². The second-order valence-corrected chi connectivity index (χ2v) is 7.83. The molecule has 2 heterocycles. The van der Waals surface area contributed by atoms with Crippen molar-refractivity contribution in [2.75, 3.05) is 11.4 Å². The number of halogens is 2. The van der Waals surface area contributed by atoms with E-state index in [0.29, 0.717) is 30.8 Å². The zero-order valence-electron chi connectivity index (χ0n) is 15.2. The molecule has 1 aromatic heterocycles. The lowest BCUT2D eigenvalue weighted by Gasteiger charge is -2.36. The van der Waals surface area contributed by atoms with Gasteiger partial charge >= 0.3 is 0 Å². The van der Waals surface area contributed by atoms with Crippen LogP contribution in [0.1, 0.15) is 42.6 Å². The first kappa shape index (κ1) is 18.8. The molecular formula is C20H20ClFN4O2. The Morgan fingerprint density at radius 1 is 1.25 bits per heavy atom. The van der Waals surface area contributed by atoms with Crippen molar-refractivity contribution in [3.63, 3.8) is 0 Å². The first-order chi connectivity index (χ1) is 13.5. The van der Waals surface area contributed by atoms with Crippen molar-refractivity contribution in [2.24, 2.45) is 5.41 Å². The summed E-state index contributed by atoms with van der Waals surface area (Å²) in [6.45, 7) is 0.572. The summed E-state index contributed by atoms with van der Waals surface area (Å²) in [7, 11) is 0. The highest BCUT2D eigenvalue weighted by atomic mass is 35.5. The number of anilines is 1. The van der Waals surface area contributed by atoms with E-state index in [0.717, 1.165) is 19.3 Å². The number of aromatic nitrogens is 2. The molecule has 8 heteroatoms. The fraction of sp³-hybridized carbons (Fsp3) is 0.400. The van der Waals surface area contributed by atoms with Crippen LogP contribution >= 0.6 is 11.6 Å². The summed E-state index contributed by atoms with van der Waals surface area (Å²) < 4.78 is 13.3. The molecule has 2 fully saturated rings. The molecule has 1 aliphatic carbocycles. The summed E-state index contributed by atoms with van der Waals surface area (Å²) in [6, 6.07) is 5.70. The predicted molar refractivity (Wildman–Crippen MR) is 103 cm³/mol. The Hall–Kier alpha value is -2.54. The minimum atomic E-state index is -0.423. The lowest BCUT2D eigenvalue weighted by Crippen LogP contribution is -2.44. The third-order valence-corrected chi connectivity index (χ3v) is 6.11. The molecule has 0 bridgehead atoms. The van der Waals surface area contributed by atoms with Crippen LogP contribution in [0.5, 0.6) is 0 Å². The van der Waals surface area contributed by atoms with Gasteiger partial charge in [-0.15, -0.1) is 0 Å². The Bertz CT molecular complexity index is 900. The molecule has 2 aliphatic rings. The predicted octanol–water partition coefficient (Wildman–Crippen LogP) is 3.36. The van der Waals surface area contributed by atoms with Gasteiger partial charge in [0.05, 0.1) is 16.1 Å². The molecule has 0 atom stereocenters. The van der Waals surface area contributed by atoms with Gasteiger partial charge in [-0.05, 0) is 56.4 Å². The first-order valence-corrected chi connectivity index (χ1v) is 9.70. The molecule has 1 saturated heterocycles. The molecule has 0 radical (unpaired) electrons. The maximum atomic E-state index is 13.3. The number of amides is 2. The molecule has 1 spiro atoms. The Morgan fingerprint density at radius 2 is 2.04 bits per heavy atom. The minimum absolute atomic E-state index is 0.0179. The average Bonchev–Trinajstić information content (AvgIpc) is 3.01. The minimum Gasteiger partial charge on any atom is -0.348 e. The third kappa shape index (κ3) is 3.46. The number of nitrogens with one attached hydrogen (secondary N) is 1. The highest BCUT2D eigenvalue weighted by Gasteiger charge is 2.49. The van der Waals surface area contributed by atoms with E-state index in [1.54, 1.807) is 17.0 Å². The van der Waals surface area contributed by atoms with Crippen molar-refractivity contribution in [3.8, 4) is 0 Å². The summed E-state index contributed by atoms with van der Waals surface area (Å²) in [6.07, 6.45) is 6.49. The van der Waals surface area contributed by atoms with Gasteiger partial charge in [-0.3, -0.25) is 9.59 Å². The van der Waals surface area contributed by atoms with Crippen molar-refractivity contribution in [1.29, 1.82) is 0 Å². The maximum absolute atomic E-state index is 13.3. The molecule has 146 valence electrons. The van der Waals surface area contributed by atoms with E-state index in [-0.39, 0.29) is 22.9 Å². The lowest BCUT2D eigenvalue weighted by atomic mass is 9.71. The molecule has 2 aromatic rings. The molecular weight excluding hydrogens is 383 g/mol. The molecule has 6 nitrogen and oxygen atoms in total. The van der Waals surface area contributed by atoms with Crippen LogP contribution in [-0.4, -0.2) is 34.4 Å². The Morgan fingerprint density at radius 3 is 2.71 bits per heavy atom. The molecule has 2 amide bonds. The van der Waals surface area contributed by atoms with Crippen LogP contribution in [0, 0.1) is 11.2 Å². The van der Waals surface area contributed by atoms with E-state index in [9.17, 15) is 14.0 Å². The third-order valence-electron chi connectivity index (χ3n) is 5.81. The summed E-state index contributed by atoms with van der Waals surface area (Å²) >= 11 is 6.15. The lowest BCUT2D eigenvalue weighted by molar-refractivity contribution is -0.127. The molecule has 1 N–H and O–H groups in total. The van der Waals surface area contributed by atoms with Crippen LogP contribution in [0.4, 0.5) is 10.1 Å². The number of hydrogen-bond donors (Lipinski definition) is 1. The highest BCUT2D eigenvalue weighted by molar-refractivity contribution is 6.34. The van der Waals surface area contributed by atoms with Crippen LogP contribution in [0.15, 0.2) is 36.8 Å². The number of hydrogen-bond acceptors (Lipinski definition) is 4. The van der Waals surface area contributed by atoms with Gasteiger partial charge in [0.25, 0.3) is 5.91 Å². The number of nitrogens with zero attached hydrogens (tertiary/aromatic N) is 3. The van der Waals surface area contributed by atoms with Gasteiger partial charge in [0, 0.05) is 18.8 Å². The second kappa shape index (κ2) is 7.47. The standard InChI is InChI=1S/C20H20ClFN4O2/c21-15-11-13(22)1-2-17(15)26-10-8-20(19(26)28)6-3-14(4-7-20)25-18(27)16-5-9-23-12-24-16/h1-2,5,9,11-12,14H,3-4,6-8,10H2,(H,25,27). The Labute approximate surface area is 167 Å². The number of carbonyl (C=O) groups is 2. The second-order valence-electron chi connectivity index (χ2n) is 7.43. The van der Waals surface area contributed by atoms with E-state index in [2.05, 4.69) is 15.3 Å². The van der Waals surface area contributed by atoms with E-state index in [1.807, 2.05) is 0 Å². The maximum Gasteiger partial charge on any atom is 0.270 e. The van der Waals surface area contributed by atoms with Gasteiger partial charge in [-0.2, -0.15) is 0 Å². The number of rotatable bonds is 3. The Kier molecular flexibility index (Phi) is 5.02. The van der Waals surface area contributed by atoms with E-state index in [4.69, 9.17) is 11.6 Å². The molecule has 4 rings (SSSR count).